The van der Waals surface area contributed by atoms with Crippen LogP contribution < -0.4 is 10.1 Å². The average Bonchev–Trinajstić information content (AvgIpc) is 3.03. The molecule has 9 nitrogen and oxygen atoms in total. The molecule has 9 heteroatoms. The Kier molecular flexibility index (Phi) is 7.37. The topological polar surface area (TPSA) is 91.4 Å². The van der Waals surface area contributed by atoms with E-state index in [0.29, 0.717) is 44.1 Å². The Morgan fingerprint density at radius 3 is 2.61 bits per heavy atom. The van der Waals surface area contributed by atoms with Crippen LogP contribution in [-0.2, 0) is 14.3 Å². The van der Waals surface area contributed by atoms with E-state index >= 15 is 0 Å². The van der Waals surface area contributed by atoms with Crippen molar-refractivity contribution >= 4 is 23.5 Å². The van der Waals surface area contributed by atoms with Gasteiger partial charge in [0.25, 0.3) is 0 Å². The van der Waals surface area contributed by atoms with E-state index in [1.807, 2.05) is 13.8 Å². The normalized spacial score (nSPS) is 21.0. The number of fused-ring (bicyclic) bond motifs is 1. The smallest absolute Gasteiger partial charge is 0.321 e. The maximum absolute atomic E-state index is 13.1. The van der Waals surface area contributed by atoms with Crippen molar-refractivity contribution in [3.8, 4) is 5.75 Å². The number of benzene rings is 1. The number of nitrogens with one attached hydrogen (secondary N) is 1. The van der Waals surface area contributed by atoms with E-state index in [-0.39, 0.29) is 36.3 Å². The maximum Gasteiger partial charge on any atom is 0.321 e. The molecular weight excluding hydrogens is 400 g/mol. The van der Waals surface area contributed by atoms with Crippen molar-refractivity contribution < 1.29 is 23.9 Å². The van der Waals surface area contributed by atoms with Crippen molar-refractivity contribution in [1.29, 1.82) is 0 Å². The number of piperazine rings is 1. The van der Waals surface area contributed by atoms with E-state index < -0.39 is 6.04 Å². The molecule has 3 rings (SSSR count). The van der Waals surface area contributed by atoms with Crippen LogP contribution in [0.3, 0.4) is 0 Å². The van der Waals surface area contributed by atoms with Gasteiger partial charge in [-0.2, -0.15) is 0 Å². The number of nitrogens with zero attached hydrogens (tertiary/aromatic N) is 3. The number of hydrogen-bond acceptors (Lipinski definition) is 5. The zero-order valence-electron chi connectivity index (χ0n) is 18.7. The maximum atomic E-state index is 13.1. The molecule has 31 heavy (non-hydrogen) atoms. The zero-order valence-corrected chi connectivity index (χ0v) is 18.7. The van der Waals surface area contributed by atoms with Crippen LogP contribution >= 0.6 is 0 Å². The molecular formula is C22H32N4O5. The first-order chi connectivity index (χ1) is 14.8. The molecule has 4 amide bonds. The number of hydrogen-bond donors (Lipinski definition) is 1. The Labute approximate surface area is 183 Å². The fourth-order valence-electron chi connectivity index (χ4n) is 4.22. The number of urea groups is 1. The molecule has 0 aromatic heterocycles. The van der Waals surface area contributed by atoms with Crippen LogP contribution in [0.1, 0.15) is 20.3 Å². The average molecular weight is 433 g/mol. The Bertz CT molecular complexity index is 815. The lowest BCUT2D eigenvalue weighted by molar-refractivity contribution is -0.143. The lowest BCUT2D eigenvalue weighted by Crippen LogP contribution is -2.61. The summed E-state index contributed by atoms with van der Waals surface area (Å²) < 4.78 is 10.3. The largest absolute Gasteiger partial charge is 0.497 e. The molecule has 2 saturated heterocycles. The minimum Gasteiger partial charge on any atom is -0.497 e. The number of amides is 4. The molecule has 0 radical (unpaired) electrons. The highest BCUT2D eigenvalue weighted by molar-refractivity contribution is 5.96. The number of carbonyl (C=O) groups is 3. The van der Waals surface area contributed by atoms with E-state index in [0.717, 1.165) is 0 Å². The fourth-order valence-corrected chi connectivity index (χ4v) is 4.22. The Morgan fingerprint density at radius 2 is 1.94 bits per heavy atom. The number of anilines is 1. The summed E-state index contributed by atoms with van der Waals surface area (Å²) in [7, 11) is 3.17. The summed E-state index contributed by atoms with van der Waals surface area (Å²) in [5, 5.41) is 2.81. The highest BCUT2D eigenvalue weighted by Crippen LogP contribution is 2.29. The van der Waals surface area contributed by atoms with Crippen LogP contribution in [-0.4, -0.2) is 91.6 Å². The highest BCUT2D eigenvalue weighted by Gasteiger charge is 2.49. The zero-order chi connectivity index (χ0) is 22.5. The minimum atomic E-state index is -0.505. The molecule has 0 bridgehead atoms. The van der Waals surface area contributed by atoms with E-state index in [1.165, 1.54) is 4.90 Å². The molecule has 0 saturated carbocycles. The molecule has 1 N–H and O–H groups in total. The SMILES string of the molecule is COCCN1C[C@H]2CN(CC(=O)Nc3cccc(OC)c3)C(=O)N2[C@@H](CC(C)C)C1=O. The monoisotopic (exact) mass is 432 g/mol. The van der Waals surface area contributed by atoms with Crippen LogP contribution in [0.25, 0.3) is 0 Å². The fraction of sp³-hybridized carbons (Fsp3) is 0.591. The first-order valence-electron chi connectivity index (χ1n) is 10.6. The van der Waals surface area contributed by atoms with Crippen molar-refractivity contribution in [3.05, 3.63) is 24.3 Å². The second-order valence-corrected chi connectivity index (χ2v) is 8.43. The molecule has 2 atom stereocenters. The second kappa shape index (κ2) is 10.00. The van der Waals surface area contributed by atoms with E-state index in [2.05, 4.69) is 5.32 Å². The lowest BCUT2D eigenvalue weighted by atomic mass is 9.97. The van der Waals surface area contributed by atoms with Crippen molar-refractivity contribution in [2.45, 2.75) is 32.4 Å². The third kappa shape index (κ3) is 5.28. The Morgan fingerprint density at radius 1 is 1.19 bits per heavy atom. The Balaban J connectivity index is 1.70. The lowest BCUT2D eigenvalue weighted by Gasteiger charge is -2.42. The molecule has 0 aliphatic carbocycles. The predicted molar refractivity (Wildman–Crippen MR) is 116 cm³/mol. The van der Waals surface area contributed by atoms with Crippen LogP contribution in [0.2, 0.25) is 0 Å². The van der Waals surface area contributed by atoms with Gasteiger partial charge in [-0.1, -0.05) is 19.9 Å². The van der Waals surface area contributed by atoms with Crippen LogP contribution in [0.15, 0.2) is 24.3 Å². The van der Waals surface area contributed by atoms with Gasteiger partial charge in [0.05, 0.1) is 19.8 Å². The quantitative estimate of drug-likeness (QED) is 0.641. The summed E-state index contributed by atoms with van der Waals surface area (Å²) in [5.41, 5.74) is 0.604. The standard InChI is InChI=1S/C22H32N4O5/c1-15(2)10-19-21(28)24(8-9-30-3)12-17-13-25(22(29)26(17)19)14-20(27)23-16-6-5-7-18(11-16)31-4/h5-7,11,15,17,19H,8-10,12-14H2,1-4H3,(H,23,27)/t17-,19-/m0/s1. The molecule has 2 heterocycles. The molecule has 170 valence electrons. The Hall–Kier alpha value is -2.81. The molecule has 2 aliphatic heterocycles. The van der Waals surface area contributed by atoms with Crippen molar-refractivity contribution in [1.82, 2.24) is 14.7 Å². The molecule has 2 fully saturated rings. The van der Waals surface area contributed by atoms with Crippen LogP contribution in [0.4, 0.5) is 10.5 Å². The van der Waals surface area contributed by atoms with Gasteiger partial charge in [0.15, 0.2) is 0 Å². The van der Waals surface area contributed by atoms with Gasteiger partial charge >= 0.3 is 6.03 Å². The van der Waals surface area contributed by atoms with Crippen molar-refractivity contribution in [2.24, 2.45) is 5.92 Å². The molecule has 1 aromatic carbocycles. The van der Waals surface area contributed by atoms with Gasteiger partial charge in [0.2, 0.25) is 11.8 Å². The van der Waals surface area contributed by atoms with Crippen molar-refractivity contribution in [3.63, 3.8) is 0 Å². The summed E-state index contributed by atoms with van der Waals surface area (Å²) in [6, 6.07) is 6.17. The predicted octanol–water partition coefficient (Wildman–Crippen LogP) is 1.64. The van der Waals surface area contributed by atoms with Gasteiger partial charge in [-0.05, 0) is 24.5 Å². The van der Waals surface area contributed by atoms with Gasteiger partial charge in [0.1, 0.15) is 18.3 Å². The summed E-state index contributed by atoms with van der Waals surface area (Å²) in [5.74, 6) is 0.566. The first kappa shape index (κ1) is 22.9. The van der Waals surface area contributed by atoms with Crippen LogP contribution in [0.5, 0.6) is 5.75 Å². The first-order valence-corrected chi connectivity index (χ1v) is 10.6. The van der Waals surface area contributed by atoms with E-state index in [4.69, 9.17) is 9.47 Å². The van der Waals surface area contributed by atoms with Crippen LogP contribution in [0, 0.1) is 5.92 Å². The molecule has 0 spiro atoms. The summed E-state index contributed by atoms with van der Waals surface area (Å²) in [6.45, 7) is 5.83. The molecule has 2 aliphatic rings. The number of carbonyl (C=O) groups excluding carboxylic acids is 3. The third-order valence-corrected chi connectivity index (χ3v) is 5.63. The summed E-state index contributed by atoms with van der Waals surface area (Å²) in [6.07, 6.45) is 0.592. The van der Waals surface area contributed by atoms with Gasteiger partial charge < -0.3 is 29.5 Å². The number of rotatable bonds is 9. The van der Waals surface area contributed by atoms with Gasteiger partial charge in [-0.15, -0.1) is 0 Å². The van der Waals surface area contributed by atoms with E-state index in [1.54, 1.807) is 48.3 Å². The minimum absolute atomic E-state index is 0.0435. The van der Waals surface area contributed by atoms with Gasteiger partial charge in [-0.25, -0.2) is 4.79 Å². The van der Waals surface area contributed by atoms with Gasteiger partial charge in [0, 0.05) is 38.5 Å². The number of methoxy groups -OCH3 is 2. The van der Waals surface area contributed by atoms with Gasteiger partial charge in [-0.3, -0.25) is 9.59 Å². The number of ether oxygens (including phenoxy) is 2. The summed E-state index contributed by atoms with van der Waals surface area (Å²) in [4.78, 5) is 43.8. The third-order valence-electron chi connectivity index (χ3n) is 5.63. The highest BCUT2D eigenvalue weighted by atomic mass is 16.5. The molecule has 1 aromatic rings. The summed E-state index contributed by atoms with van der Waals surface area (Å²) >= 11 is 0. The molecule has 0 unspecified atom stereocenters. The van der Waals surface area contributed by atoms with Crippen molar-refractivity contribution in [2.75, 3.05) is 52.3 Å². The van der Waals surface area contributed by atoms with E-state index in [9.17, 15) is 14.4 Å². The second-order valence-electron chi connectivity index (χ2n) is 8.43.